The predicted molar refractivity (Wildman–Crippen MR) is 257 cm³/mol. The third-order valence-corrected chi connectivity index (χ3v) is 12.4. The molecule has 0 aliphatic heterocycles. The normalized spacial score (nSPS) is 11.8. The molecule has 0 radical (unpaired) electrons. The molecule has 0 N–H and O–H groups in total. The molecule has 0 spiro atoms. The van der Waals surface area contributed by atoms with Crippen LogP contribution in [0.1, 0.15) is 310 Å². The Morgan fingerprint density at radius 2 is 0.450 bits per heavy atom. The number of unbranched alkanes of at least 4 members (excludes halogenated alkanes) is 39. The van der Waals surface area contributed by atoms with Gasteiger partial charge in [0.05, 0.1) is 0 Å². The van der Waals surface area contributed by atoms with E-state index in [1.54, 1.807) is 0 Å². The van der Waals surface area contributed by atoms with Gasteiger partial charge in [-0.15, -0.1) is 0 Å². The second-order valence-electron chi connectivity index (χ2n) is 18.5. The van der Waals surface area contributed by atoms with Crippen LogP contribution in [-0.4, -0.2) is 37.2 Å². The van der Waals surface area contributed by atoms with Crippen LogP contribution in [0.3, 0.4) is 0 Å². The molecule has 0 aromatic carbocycles. The summed E-state index contributed by atoms with van der Waals surface area (Å²) in [6, 6.07) is 0. The van der Waals surface area contributed by atoms with E-state index in [1.807, 2.05) is 0 Å². The van der Waals surface area contributed by atoms with Crippen LogP contribution in [0.2, 0.25) is 0 Å². The Morgan fingerprint density at radius 1 is 0.267 bits per heavy atom. The van der Waals surface area contributed by atoms with Crippen LogP contribution < -0.4 is 0 Å². The van der Waals surface area contributed by atoms with Gasteiger partial charge >= 0.3 is 17.9 Å². The van der Waals surface area contributed by atoms with Gasteiger partial charge in [-0.05, 0) is 19.3 Å². The van der Waals surface area contributed by atoms with Gasteiger partial charge in [-0.3, -0.25) is 14.4 Å². The van der Waals surface area contributed by atoms with Gasteiger partial charge in [0.25, 0.3) is 0 Å². The highest BCUT2D eigenvalue weighted by molar-refractivity contribution is 5.71. The number of hydrogen-bond acceptors (Lipinski definition) is 6. The van der Waals surface area contributed by atoms with Crippen molar-refractivity contribution in [2.24, 2.45) is 0 Å². The minimum atomic E-state index is -0.759. The van der Waals surface area contributed by atoms with Crippen LogP contribution in [-0.2, 0) is 28.6 Å². The summed E-state index contributed by atoms with van der Waals surface area (Å²) in [6.07, 6.45) is 53.7. The minimum absolute atomic E-state index is 0.0616. The summed E-state index contributed by atoms with van der Waals surface area (Å²) in [6.45, 7) is 6.69. The fraction of sp³-hybridized carbons (Fsp3) is 0.944. The lowest BCUT2D eigenvalue weighted by atomic mass is 10.0. The SMILES string of the molecule is CCCCCCCCCCCCCCCCCCC(=O)OC[C@H](COC(=O)CCCCCCCCCCCCCCCCC)OC(=O)CCCCCCCCCCCCC. The summed E-state index contributed by atoms with van der Waals surface area (Å²) in [5.41, 5.74) is 0. The van der Waals surface area contributed by atoms with Crippen molar-refractivity contribution in [3.8, 4) is 0 Å². The number of hydrogen-bond donors (Lipinski definition) is 0. The van der Waals surface area contributed by atoms with Crippen molar-refractivity contribution < 1.29 is 28.6 Å². The molecule has 0 aromatic rings. The monoisotopic (exact) mass is 849 g/mol. The van der Waals surface area contributed by atoms with E-state index in [-0.39, 0.29) is 31.1 Å². The zero-order chi connectivity index (χ0) is 43.7. The molecule has 0 heterocycles. The van der Waals surface area contributed by atoms with Crippen molar-refractivity contribution in [2.45, 2.75) is 316 Å². The largest absolute Gasteiger partial charge is 0.462 e. The first-order chi connectivity index (χ1) is 29.5. The molecule has 0 saturated heterocycles. The van der Waals surface area contributed by atoms with Gasteiger partial charge in [-0.25, -0.2) is 0 Å². The Hall–Kier alpha value is -1.59. The molecule has 0 amide bonds. The molecule has 0 saturated carbocycles. The molecule has 0 rings (SSSR count). The Bertz CT molecular complexity index is 889. The van der Waals surface area contributed by atoms with E-state index < -0.39 is 6.10 Å². The highest BCUT2D eigenvalue weighted by atomic mass is 16.6. The zero-order valence-corrected chi connectivity index (χ0v) is 40.8. The second-order valence-corrected chi connectivity index (χ2v) is 18.5. The van der Waals surface area contributed by atoms with Gasteiger partial charge < -0.3 is 14.2 Å². The highest BCUT2D eigenvalue weighted by Crippen LogP contribution is 2.17. The van der Waals surface area contributed by atoms with Crippen LogP contribution in [0.5, 0.6) is 0 Å². The van der Waals surface area contributed by atoms with Gasteiger partial charge in [0.2, 0.25) is 0 Å². The van der Waals surface area contributed by atoms with Gasteiger partial charge in [0.15, 0.2) is 6.10 Å². The van der Waals surface area contributed by atoms with Crippen LogP contribution in [0.25, 0.3) is 0 Å². The third kappa shape index (κ3) is 47.5. The van der Waals surface area contributed by atoms with Crippen LogP contribution in [0.4, 0.5) is 0 Å². The van der Waals surface area contributed by atoms with Gasteiger partial charge in [0.1, 0.15) is 13.2 Å². The summed E-state index contributed by atoms with van der Waals surface area (Å²) in [4.78, 5) is 38.0. The Balaban J connectivity index is 4.26. The molecule has 356 valence electrons. The lowest BCUT2D eigenvalue weighted by molar-refractivity contribution is -0.167. The molecule has 0 unspecified atom stereocenters. The van der Waals surface area contributed by atoms with Crippen molar-refractivity contribution in [1.82, 2.24) is 0 Å². The third-order valence-electron chi connectivity index (χ3n) is 12.4. The molecule has 0 fully saturated rings. The van der Waals surface area contributed by atoms with Gasteiger partial charge in [-0.2, -0.15) is 0 Å². The first kappa shape index (κ1) is 58.4. The molecule has 6 nitrogen and oxygen atoms in total. The smallest absolute Gasteiger partial charge is 0.306 e. The lowest BCUT2D eigenvalue weighted by Crippen LogP contribution is -2.30. The average molecular weight is 849 g/mol. The first-order valence-electron chi connectivity index (χ1n) is 27.0. The number of ether oxygens (including phenoxy) is 3. The molecule has 0 bridgehead atoms. The fourth-order valence-electron chi connectivity index (χ4n) is 8.27. The van der Waals surface area contributed by atoms with E-state index in [0.29, 0.717) is 19.3 Å². The summed E-state index contributed by atoms with van der Waals surface area (Å²) in [7, 11) is 0. The average Bonchev–Trinajstić information content (AvgIpc) is 3.24. The van der Waals surface area contributed by atoms with Gasteiger partial charge in [0, 0.05) is 19.3 Å². The molecule has 0 aromatic heterocycles. The molecule has 0 aliphatic carbocycles. The Labute approximate surface area is 374 Å². The Kier molecular flexibility index (Phi) is 48.7. The fourth-order valence-corrected chi connectivity index (χ4v) is 8.27. The van der Waals surface area contributed by atoms with Crippen LogP contribution >= 0.6 is 0 Å². The number of rotatable bonds is 50. The van der Waals surface area contributed by atoms with E-state index in [0.717, 1.165) is 57.8 Å². The van der Waals surface area contributed by atoms with Crippen molar-refractivity contribution in [3.05, 3.63) is 0 Å². The molecule has 0 aliphatic rings. The maximum Gasteiger partial charge on any atom is 0.306 e. The van der Waals surface area contributed by atoms with Crippen LogP contribution in [0.15, 0.2) is 0 Å². The van der Waals surface area contributed by atoms with E-state index in [4.69, 9.17) is 14.2 Å². The molecule has 60 heavy (non-hydrogen) atoms. The molecule has 1 atom stereocenters. The van der Waals surface area contributed by atoms with Crippen molar-refractivity contribution in [1.29, 1.82) is 0 Å². The van der Waals surface area contributed by atoms with Gasteiger partial charge in [-0.1, -0.05) is 271 Å². The maximum absolute atomic E-state index is 12.8. The lowest BCUT2D eigenvalue weighted by Gasteiger charge is -2.18. The highest BCUT2D eigenvalue weighted by Gasteiger charge is 2.19. The predicted octanol–water partition coefficient (Wildman–Crippen LogP) is 17.6. The van der Waals surface area contributed by atoms with E-state index in [9.17, 15) is 14.4 Å². The number of esters is 3. The molecular weight excluding hydrogens is 745 g/mol. The van der Waals surface area contributed by atoms with Crippen LogP contribution in [0, 0.1) is 0 Å². The Morgan fingerprint density at radius 3 is 0.667 bits per heavy atom. The summed E-state index contributed by atoms with van der Waals surface area (Å²) in [5, 5.41) is 0. The maximum atomic E-state index is 12.8. The second kappa shape index (κ2) is 50.1. The quantitative estimate of drug-likeness (QED) is 0.0345. The first-order valence-corrected chi connectivity index (χ1v) is 27.0. The summed E-state index contributed by atoms with van der Waals surface area (Å²) in [5.74, 6) is -0.838. The summed E-state index contributed by atoms with van der Waals surface area (Å²) < 4.78 is 16.8. The van der Waals surface area contributed by atoms with E-state index in [1.165, 1.54) is 212 Å². The topological polar surface area (TPSA) is 78.9 Å². The minimum Gasteiger partial charge on any atom is -0.462 e. The molecule has 6 heteroatoms. The standard InChI is InChI=1S/C54H104O6/c1-4-7-10-13-16-19-22-24-26-28-30-33-35-38-41-44-47-53(56)59-50-51(60-54(57)48-45-42-39-36-31-21-18-15-12-9-6-3)49-58-52(55)46-43-40-37-34-32-29-27-25-23-20-17-14-11-8-5-2/h51H,4-50H2,1-3H3/t51-/m0/s1. The van der Waals surface area contributed by atoms with Crippen molar-refractivity contribution in [3.63, 3.8) is 0 Å². The number of carbonyl (C=O) groups is 3. The van der Waals surface area contributed by atoms with Crippen molar-refractivity contribution >= 4 is 17.9 Å². The summed E-state index contributed by atoms with van der Waals surface area (Å²) >= 11 is 0. The zero-order valence-electron chi connectivity index (χ0n) is 40.8. The molecular formula is C54H104O6. The number of carbonyl (C=O) groups excluding carboxylic acids is 3. The van der Waals surface area contributed by atoms with Crippen molar-refractivity contribution in [2.75, 3.05) is 13.2 Å². The van der Waals surface area contributed by atoms with E-state index in [2.05, 4.69) is 20.8 Å². The van der Waals surface area contributed by atoms with E-state index >= 15 is 0 Å².